The minimum Gasteiger partial charge on any atom is -0.353 e. The molecule has 2 fully saturated rings. The molecule has 1 aliphatic carbocycles. The first-order valence-corrected chi connectivity index (χ1v) is 12.6. The van der Waals surface area contributed by atoms with Crippen molar-refractivity contribution in [2.24, 2.45) is 0 Å². The minimum atomic E-state index is -2.80. The van der Waals surface area contributed by atoms with Crippen LogP contribution in [-0.4, -0.2) is 66.1 Å². The molecule has 156 valence electrons. The van der Waals surface area contributed by atoms with Gasteiger partial charge < -0.3 is 10.2 Å². The molecule has 3 aliphatic rings. The molecule has 2 aliphatic heterocycles. The van der Waals surface area contributed by atoms with Gasteiger partial charge in [0, 0.05) is 43.7 Å². The Bertz CT molecular complexity index is 782. The van der Waals surface area contributed by atoms with Gasteiger partial charge in [-0.2, -0.15) is 5.10 Å². The van der Waals surface area contributed by atoms with Gasteiger partial charge in [-0.05, 0) is 56.9 Å². The van der Waals surface area contributed by atoms with Gasteiger partial charge in [0.05, 0.1) is 17.2 Å². The highest BCUT2D eigenvalue weighted by atomic mass is 32.2. The molecule has 0 atom stereocenters. The molecule has 1 amide bonds. The van der Waals surface area contributed by atoms with E-state index in [4.69, 9.17) is 0 Å². The van der Waals surface area contributed by atoms with Gasteiger partial charge in [-0.15, -0.1) is 0 Å². The fourth-order valence-electron chi connectivity index (χ4n) is 4.94. The Morgan fingerprint density at radius 2 is 1.82 bits per heavy atom. The Hall–Kier alpha value is -1.41. The molecule has 1 aromatic heterocycles. The summed E-state index contributed by atoms with van der Waals surface area (Å²) < 4.78 is 23.2. The van der Waals surface area contributed by atoms with E-state index in [1.807, 2.05) is 0 Å². The zero-order chi connectivity index (χ0) is 19.6. The quantitative estimate of drug-likeness (QED) is 0.767. The van der Waals surface area contributed by atoms with Crippen LogP contribution < -0.4 is 5.32 Å². The topological polar surface area (TPSA) is 95.2 Å². The monoisotopic (exact) mass is 408 g/mol. The molecule has 28 heavy (non-hydrogen) atoms. The summed E-state index contributed by atoms with van der Waals surface area (Å²) in [6.07, 6.45) is 9.25. The smallest absolute Gasteiger partial charge is 0.220 e. The predicted molar refractivity (Wildman–Crippen MR) is 108 cm³/mol. The van der Waals surface area contributed by atoms with Crippen LogP contribution in [0.15, 0.2) is 0 Å². The average molecular weight is 409 g/mol. The SMILES string of the molecule is O=C(CCc1n[nH]c2c1CCCC2)NC1CCN(C2CCS(=O)(=O)CC2)CC1. The average Bonchev–Trinajstić information content (AvgIpc) is 3.10. The lowest BCUT2D eigenvalue weighted by Gasteiger charge is -2.39. The van der Waals surface area contributed by atoms with E-state index in [0.717, 1.165) is 57.3 Å². The Morgan fingerprint density at radius 3 is 2.57 bits per heavy atom. The number of likely N-dealkylation sites (tertiary alicyclic amines) is 1. The van der Waals surface area contributed by atoms with Crippen LogP contribution in [0.1, 0.15) is 61.9 Å². The van der Waals surface area contributed by atoms with E-state index in [2.05, 4.69) is 20.4 Å². The number of fused-ring (bicyclic) bond motifs is 1. The van der Waals surface area contributed by atoms with Gasteiger partial charge in [0.15, 0.2) is 0 Å². The highest BCUT2D eigenvalue weighted by molar-refractivity contribution is 7.91. The molecule has 3 heterocycles. The minimum absolute atomic E-state index is 0.120. The number of sulfone groups is 1. The van der Waals surface area contributed by atoms with Crippen LogP contribution in [0, 0.1) is 0 Å². The van der Waals surface area contributed by atoms with Crippen LogP contribution in [0.3, 0.4) is 0 Å². The van der Waals surface area contributed by atoms with Gasteiger partial charge in [-0.25, -0.2) is 8.42 Å². The summed E-state index contributed by atoms with van der Waals surface area (Å²) in [7, 11) is -2.80. The number of H-pyrrole nitrogens is 1. The summed E-state index contributed by atoms with van der Waals surface area (Å²) in [6.45, 7) is 1.89. The lowest BCUT2D eigenvalue weighted by atomic mass is 9.94. The fraction of sp³-hybridized carbons (Fsp3) is 0.800. The molecule has 2 saturated heterocycles. The maximum Gasteiger partial charge on any atom is 0.220 e. The highest BCUT2D eigenvalue weighted by Crippen LogP contribution is 2.24. The van der Waals surface area contributed by atoms with Crippen LogP contribution in [0.4, 0.5) is 0 Å². The molecular formula is C20H32N4O3S. The van der Waals surface area contributed by atoms with Gasteiger partial charge in [0.2, 0.25) is 5.91 Å². The number of nitrogens with zero attached hydrogens (tertiary/aromatic N) is 2. The Balaban J connectivity index is 1.19. The number of carbonyl (C=O) groups is 1. The summed E-state index contributed by atoms with van der Waals surface area (Å²) >= 11 is 0. The molecule has 2 N–H and O–H groups in total. The number of aryl methyl sites for hydroxylation is 2. The molecule has 0 saturated carbocycles. The highest BCUT2D eigenvalue weighted by Gasteiger charge is 2.30. The second-order valence-corrected chi connectivity index (χ2v) is 10.9. The largest absolute Gasteiger partial charge is 0.353 e. The number of nitrogens with one attached hydrogen (secondary N) is 2. The molecule has 0 aromatic carbocycles. The van der Waals surface area contributed by atoms with Gasteiger partial charge in [0.1, 0.15) is 9.84 Å². The number of hydrogen-bond acceptors (Lipinski definition) is 5. The van der Waals surface area contributed by atoms with E-state index in [0.29, 0.717) is 30.4 Å². The zero-order valence-electron chi connectivity index (χ0n) is 16.6. The van der Waals surface area contributed by atoms with E-state index < -0.39 is 9.84 Å². The first-order valence-electron chi connectivity index (χ1n) is 10.8. The molecule has 7 nitrogen and oxygen atoms in total. The number of piperidine rings is 1. The zero-order valence-corrected chi connectivity index (χ0v) is 17.4. The molecule has 0 spiro atoms. The van der Waals surface area contributed by atoms with Crippen LogP contribution in [0.25, 0.3) is 0 Å². The summed E-state index contributed by atoms with van der Waals surface area (Å²) in [5.74, 6) is 0.769. The molecule has 0 radical (unpaired) electrons. The molecule has 0 unspecified atom stereocenters. The van der Waals surface area contributed by atoms with Gasteiger partial charge in [-0.1, -0.05) is 0 Å². The molecule has 4 rings (SSSR count). The molecular weight excluding hydrogens is 376 g/mol. The van der Waals surface area contributed by atoms with Crippen molar-refractivity contribution >= 4 is 15.7 Å². The van der Waals surface area contributed by atoms with Crippen molar-refractivity contribution in [3.05, 3.63) is 17.0 Å². The third-order valence-electron chi connectivity index (χ3n) is 6.67. The maximum atomic E-state index is 12.4. The Morgan fingerprint density at radius 1 is 1.11 bits per heavy atom. The van der Waals surface area contributed by atoms with Crippen molar-refractivity contribution < 1.29 is 13.2 Å². The van der Waals surface area contributed by atoms with Gasteiger partial charge in [0.25, 0.3) is 0 Å². The van der Waals surface area contributed by atoms with Crippen molar-refractivity contribution in [3.63, 3.8) is 0 Å². The predicted octanol–water partition coefficient (Wildman–Crippen LogP) is 1.38. The number of aromatic nitrogens is 2. The van der Waals surface area contributed by atoms with E-state index in [-0.39, 0.29) is 11.9 Å². The second kappa shape index (κ2) is 8.53. The Labute approximate surface area is 167 Å². The molecule has 8 heteroatoms. The van der Waals surface area contributed by atoms with E-state index >= 15 is 0 Å². The van der Waals surface area contributed by atoms with Crippen LogP contribution in [0.5, 0.6) is 0 Å². The van der Waals surface area contributed by atoms with Crippen LogP contribution in [0.2, 0.25) is 0 Å². The van der Waals surface area contributed by atoms with E-state index in [9.17, 15) is 13.2 Å². The van der Waals surface area contributed by atoms with Gasteiger partial charge in [-0.3, -0.25) is 9.89 Å². The summed E-state index contributed by atoms with van der Waals surface area (Å²) in [6, 6.07) is 0.634. The van der Waals surface area contributed by atoms with E-state index in [1.165, 1.54) is 24.1 Å². The van der Waals surface area contributed by atoms with Crippen molar-refractivity contribution in [1.29, 1.82) is 0 Å². The summed E-state index contributed by atoms with van der Waals surface area (Å²) in [5, 5.41) is 10.8. The standard InChI is InChI=1S/C20H32N4O3S/c25-20(6-5-19-17-3-1-2-4-18(17)22-23-19)21-15-7-11-24(12-8-15)16-9-13-28(26,27)14-10-16/h15-16H,1-14H2,(H,21,25)(H,22,23). The fourth-order valence-corrected chi connectivity index (χ4v) is 6.41. The normalized spacial score (nSPS) is 24.0. The van der Waals surface area contributed by atoms with Crippen LogP contribution >= 0.6 is 0 Å². The number of carbonyl (C=O) groups excluding carboxylic acids is 1. The second-order valence-electron chi connectivity index (χ2n) is 8.60. The third kappa shape index (κ3) is 4.76. The lowest BCUT2D eigenvalue weighted by molar-refractivity contribution is -0.122. The molecule has 0 bridgehead atoms. The number of amides is 1. The Kier molecular flexibility index (Phi) is 6.06. The van der Waals surface area contributed by atoms with Crippen molar-refractivity contribution in [3.8, 4) is 0 Å². The van der Waals surface area contributed by atoms with Crippen molar-refractivity contribution in [2.75, 3.05) is 24.6 Å². The number of rotatable bonds is 5. The third-order valence-corrected chi connectivity index (χ3v) is 8.38. The summed E-state index contributed by atoms with van der Waals surface area (Å²) in [4.78, 5) is 14.8. The summed E-state index contributed by atoms with van der Waals surface area (Å²) in [5.41, 5.74) is 3.69. The molecule has 1 aromatic rings. The maximum absolute atomic E-state index is 12.4. The van der Waals surface area contributed by atoms with Crippen molar-refractivity contribution in [2.45, 2.75) is 76.3 Å². The number of hydrogen-bond donors (Lipinski definition) is 2. The lowest BCUT2D eigenvalue weighted by Crippen LogP contribution is -2.49. The first-order chi connectivity index (χ1) is 13.5. The van der Waals surface area contributed by atoms with Crippen molar-refractivity contribution in [1.82, 2.24) is 20.4 Å². The van der Waals surface area contributed by atoms with Gasteiger partial charge >= 0.3 is 0 Å². The van der Waals surface area contributed by atoms with E-state index in [1.54, 1.807) is 0 Å². The number of aromatic amines is 1. The first kappa shape index (κ1) is 19.9. The van der Waals surface area contributed by atoms with Crippen LogP contribution in [-0.2, 0) is 33.9 Å².